The van der Waals surface area contributed by atoms with Crippen molar-refractivity contribution in [2.24, 2.45) is 0 Å². The van der Waals surface area contributed by atoms with Crippen LogP contribution in [0.2, 0.25) is 0 Å². The highest BCUT2D eigenvalue weighted by molar-refractivity contribution is 5.40. The van der Waals surface area contributed by atoms with Crippen molar-refractivity contribution in [1.82, 2.24) is 5.32 Å². The second kappa shape index (κ2) is 5.75. The lowest BCUT2D eigenvalue weighted by Crippen LogP contribution is -2.38. The molecule has 1 saturated carbocycles. The Morgan fingerprint density at radius 1 is 1.22 bits per heavy atom. The molecule has 100 valence electrons. The number of ether oxygens (including phenoxy) is 1. The first-order chi connectivity index (χ1) is 8.75. The molecule has 1 fully saturated rings. The van der Waals surface area contributed by atoms with Gasteiger partial charge in [0.05, 0.1) is 7.11 Å². The maximum atomic E-state index is 5.55. The standard InChI is InChI=1S/C16H25NO/c1-4-16(5-2,12-17-13-10-11-13)14-8-6-7-9-15(14)18-3/h6-9,13,17H,4-5,10-12H2,1-3H3. The molecular formula is C16H25NO. The Kier molecular flexibility index (Phi) is 4.28. The highest BCUT2D eigenvalue weighted by atomic mass is 16.5. The lowest BCUT2D eigenvalue weighted by molar-refractivity contribution is 0.339. The van der Waals surface area contributed by atoms with Gasteiger partial charge in [-0.1, -0.05) is 32.0 Å². The van der Waals surface area contributed by atoms with Gasteiger partial charge < -0.3 is 10.1 Å². The topological polar surface area (TPSA) is 21.3 Å². The molecule has 1 aliphatic rings. The number of rotatable bonds is 7. The minimum Gasteiger partial charge on any atom is -0.496 e. The summed E-state index contributed by atoms with van der Waals surface area (Å²) in [5.74, 6) is 1.03. The highest BCUT2D eigenvalue weighted by Crippen LogP contribution is 2.37. The second-order valence-electron chi connectivity index (χ2n) is 5.34. The van der Waals surface area contributed by atoms with E-state index in [1.807, 2.05) is 6.07 Å². The molecule has 0 aromatic heterocycles. The molecule has 0 heterocycles. The smallest absolute Gasteiger partial charge is 0.122 e. The van der Waals surface area contributed by atoms with Crippen molar-refractivity contribution < 1.29 is 4.74 Å². The Balaban J connectivity index is 2.25. The van der Waals surface area contributed by atoms with E-state index in [1.165, 1.54) is 18.4 Å². The lowest BCUT2D eigenvalue weighted by Gasteiger charge is -2.34. The first-order valence-corrected chi connectivity index (χ1v) is 7.12. The summed E-state index contributed by atoms with van der Waals surface area (Å²) in [6, 6.07) is 9.23. The molecule has 2 heteroatoms. The van der Waals surface area contributed by atoms with E-state index in [4.69, 9.17) is 4.74 Å². The molecule has 2 nitrogen and oxygen atoms in total. The summed E-state index contributed by atoms with van der Waals surface area (Å²) in [7, 11) is 1.77. The zero-order valence-electron chi connectivity index (χ0n) is 11.8. The van der Waals surface area contributed by atoms with E-state index in [1.54, 1.807) is 7.11 Å². The molecule has 0 unspecified atom stereocenters. The summed E-state index contributed by atoms with van der Waals surface area (Å²) < 4.78 is 5.55. The summed E-state index contributed by atoms with van der Waals surface area (Å²) in [6.07, 6.45) is 4.97. The van der Waals surface area contributed by atoms with Crippen LogP contribution in [0.3, 0.4) is 0 Å². The molecule has 2 rings (SSSR count). The molecule has 0 amide bonds. The van der Waals surface area contributed by atoms with Gasteiger partial charge in [0.15, 0.2) is 0 Å². The first kappa shape index (κ1) is 13.4. The van der Waals surface area contributed by atoms with Crippen LogP contribution in [0.4, 0.5) is 0 Å². The molecule has 0 saturated heterocycles. The van der Waals surface area contributed by atoms with E-state index < -0.39 is 0 Å². The molecule has 0 bridgehead atoms. The van der Waals surface area contributed by atoms with Gasteiger partial charge in [0.1, 0.15) is 5.75 Å². The molecule has 1 aromatic carbocycles. The predicted octanol–water partition coefficient (Wildman–Crippen LogP) is 3.51. The molecule has 1 aliphatic carbocycles. The Hall–Kier alpha value is -1.02. The van der Waals surface area contributed by atoms with Crippen molar-refractivity contribution in [3.05, 3.63) is 29.8 Å². The van der Waals surface area contributed by atoms with E-state index in [2.05, 4.69) is 37.4 Å². The normalized spacial score (nSPS) is 15.7. The Morgan fingerprint density at radius 2 is 1.89 bits per heavy atom. The van der Waals surface area contributed by atoms with Gasteiger partial charge in [-0.25, -0.2) is 0 Å². The van der Waals surface area contributed by atoms with Crippen LogP contribution >= 0.6 is 0 Å². The maximum Gasteiger partial charge on any atom is 0.122 e. The summed E-state index contributed by atoms with van der Waals surface area (Å²) >= 11 is 0. The van der Waals surface area contributed by atoms with E-state index in [0.717, 1.165) is 31.2 Å². The van der Waals surface area contributed by atoms with Crippen molar-refractivity contribution in [2.75, 3.05) is 13.7 Å². The van der Waals surface area contributed by atoms with Crippen LogP contribution in [0.15, 0.2) is 24.3 Å². The van der Waals surface area contributed by atoms with Crippen LogP contribution < -0.4 is 10.1 Å². The largest absolute Gasteiger partial charge is 0.496 e. The van der Waals surface area contributed by atoms with Gasteiger partial charge in [-0.3, -0.25) is 0 Å². The van der Waals surface area contributed by atoms with Crippen molar-refractivity contribution in [3.8, 4) is 5.75 Å². The molecule has 0 atom stereocenters. The number of methoxy groups -OCH3 is 1. The van der Waals surface area contributed by atoms with Crippen molar-refractivity contribution >= 4 is 0 Å². The fraction of sp³-hybridized carbons (Fsp3) is 0.625. The van der Waals surface area contributed by atoms with Crippen molar-refractivity contribution in [3.63, 3.8) is 0 Å². The fourth-order valence-electron chi connectivity index (χ4n) is 2.69. The number of nitrogens with one attached hydrogen (secondary N) is 1. The summed E-state index contributed by atoms with van der Waals surface area (Å²) in [6.45, 7) is 5.63. The van der Waals surface area contributed by atoms with Gasteiger partial charge in [-0.15, -0.1) is 0 Å². The van der Waals surface area contributed by atoms with Gasteiger partial charge in [-0.05, 0) is 31.7 Å². The minimum atomic E-state index is 0.204. The second-order valence-corrected chi connectivity index (χ2v) is 5.34. The molecule has 0 radical (unpaired) electrons. The third-order valence-corrected chi connectivity index (χ3v) is 4.34. The fourth-order valence-corrected chi connectivity index (χ4v) is 2.69. The quantitative estimate of drug-likeness (QED) is 0.796. The number of benzene rings is 1. The first-order valence-electron chi connectivity index (χ1n) is 7.12. The Bertz CT molecular complexity index is 380. The van der Waals surface area contributed by atoms with Gasteiger partial charge >= 0.3 is 0 Å². The minimum absolute atomic E-state index is 0.204. The summed E-state index contributed by atoms with van der Waals surface area (Å²) in [5.41, 5.74) is 1.56. The van der Waals surface area contributed by atoms with Crippen LogP contribution in [-0.4, -0.2) is 19.7 Å². The average Bonchev–Trinajstić information content (AvgIpc) is 3.25. The van der Waals surface area contributed by atoms with Crippen LogP contribution in [0.1, 0.15) is 45.1 Å². The summed E-state index contributed by atoms with van der Waals surface area (Å²) in [5, 5.41) is 3.69. The Morgan fingerprint density at radius 3 is 2.44 bits per heavy atom. The van der Waals surface area contributed by atoms with Crippen LogP contribution in [-0.2, 0) is 5.41 Å². The van der Waals surface area contributed by atoms with E-state index >= 15 is 0 Å². The van der Waals surface area contributed by atoms with Gasteiger partial charge in [-0.2, -0.15) is 0 Å². The zero-order chi connectivity index (χ0) is 13.0. The van der Waals surface area contributed by atoms with Crippen molar-refractivity contribution in [2.45, 2.75) is 51.0 Å². The summed E-state index contributed by atoms with van der Waals surface area (Å²) in [4.78, 5) is 0. The van der Waals surface area contributed by atoms with Crippen molar-refractivity contribution in [1.29, 1.82) is 0 Å². The number of para-hydroxylation sites is 1. The molecule has 18 heavy (non-hydrogen) atoms. The molecule has 0 spiro atoms. The van der Waals surface area contributed by atoms with Gasteiger partial charge in [0, 0.05) is 23.6 Å². The molecule has 0 aliphatic heterocycles. The number of hydrogen-bond donors (Lipinski definition) is 1. The van der Waals surface area contributed by atoms with Crippen LogP contribution in [0, 0.1) is 0 Å². The molecule has 1 N–H and O–H groups in total. The maximum absolute atomic E-state index is 5.55. The van der Waals surface area contributed by atoms with E-state index in [9.17, 15) is 0 Å². The van der Waals surface area contributed by atoms with Gasteiger partial charge in [0.2, 0.25) is 0 Å². The van der Waals surface area contributed by atoms with E-state index in [-0.39, 0.29) is 5.41 Å². The van der Waals surface area contributed by atoms with Crippen LogP contribution in [0.5, 0.6) is 5.75 Å². The average molecular weight is 247 g/mol. The third kappa shape index (κ3) is 2.69. The zero-order valence-corrected chi connectivity index (χ0v) is 11.8. The van der Waals surface area contributed by atoms with E-state index in [0.29, 0.717) is 0 Å². The monoisotopic (exact) mass is 247 g/mol. The molecular weight excluding hydrogens is 222 g/mol. The Labute approximate surface area is 111 Å². The number of hydrogen-bond acceptors (Lipinski definition) is 2. The predicted molar refractivity (Wildman–Crippen MR) is 76.3 cm³/mol. The molecule has 1 aromatic rings. The third-order valence-electron chi connectivity index (χ3n) is 4.34. The van der Waals surface area contributed by atoms with Crippen LogP contribution in [0.25, 0.3) is 0 Å². The highest BCUT2D eigenvalue weighted by Gasteiger charge is 2.33. The SMILES string of the molecule is CCC(CC)(CNC1CC1)c1ccccc1OC. The lowest BCUT2D eigenvalue weighted by atomic mass is 9.75. The van der Waals surface area contributed by atoms with Gasteiger partial charge in [0.25, 0.3) is 0 Å².